The number of anilines is 3. The normalized spacial score (nSPS) is 12.0. The third-order valence-corrected chi connectivity index (χ3v) is 5.79. The number of benzene rings is 3. The van der Waals surface area contributed by atoms with Gasteiger partial charge in [-0.25, -0.2) is 4.79 Å². The van der Waals surface area contributed by atoms with E-state index in [1.807, 2.05) is 24.3 Å². The Bertz CT molecular complexity index is 1020. The van der Waals surface area contributed by atoms with Crippen molar-refractivity contribution in [1.29, 1.82) is 0 Å². The summed E-state index contributed by atoms with van der Waals surface area (Å²) in [7, 11) is 1.33. The van der Waals surface area contributed by atoms with E-state index in [1.54, 1.807) is 36.0 Å². The molecule has 0 atom stereocenters. The minimum atomic E-state index is -0.430. The second kappa shape index (κ2) is 8.41. The smallest absolute Gasteiger partial charge is 0.337 e. The molecule has 3 aromatic rings. The topological polar surface area (TPSA) is 58.6 Å². The average molecular weight is 404 g/mol. The van der Waals surface area contributed by atoms with Crippen molar-refractivity contribution < 1.29 is 14.3 Å². The highest BCUT2D eigenvalue weighted by Crippen LogP contribution is 2.47. The van der Waals surface area contributed by atoms with Gasteiger partial charge in [-0.3, -0.25) is 4.79 Å². The summed E-state index contributed by atoms with van der Waals surface area (Å²) >= 11 is 1.74. The standard InChI is InChI=1S/C23H20N2O3S/c1-28-23(27)16-7-6-8-17(15-16)24-22(26)13-14-25-18-9-2-4-11-20(18)29-21-12-5-3-10-19(21)25/h2-12,15H,13-14H2,1H3,(H,24,26). The molecule has 29 heavy (non-hydrogen) atoms. The molecule has 0 spiro atoms. The Morgan fingerprint density at radius 1 is 0.931 bits per heavy atom. The highest BCUT2D eigenvalue weighted by atomic mass is 32.2. The summed E-state index contributed by atoms with van der Waals surface area (Å²) in [5, 5.41) is 2.87. The molecule has 1 heterocycles. The highest BCUT2D eigenvalue weighted by molar-refractivity contribution is 7.99. The summed E-state index contributed by atoms with van der Waals surface area (Å²) in [6.07, 6.45) is 0.315. The lowest BCUT2D eigenvalue weighted by molar-refractivity contribution is -0.116. The molecular weight excluding hydrogens is 384 g/mol. The molecule has 0 bridgehead atoms. The van der Waals surface area contributed by atoms with Crippen LogP contribution in [0, 0.1) is 0 Å². The van der Waals surface area contributed by atoms with Gasteiger partial charge in [-0.1, -0.05) is 42.1 Å². The van der Waals surface area contributed by atoms with Gasteiger partial charge in [0.15, 0.2) is 0 Å². The number of esters is 1. The molecule has 3 aromatic carbocycles. The summed E-state index contributed by atoms with van der Waals surface area (Å²) in [4.78, 5) is 28.8. The first-order valence-electron chi connectivity index (χ1n) is 9.27. The number of hydrogen-bond donors (Lipinski definition) is 1. The maximum atomic E-state index is 12.6. The average Bonchev–Trinajstić information content (AvgIpc) is 2.76. The number of carbonyl (C=O) groups excluding carboxylic acids is 2. The number of rotatable bonds is 5. The van der Waals surface area contributed by atoms with Crippen LogP contribution in [-0.2, 0) is 9.53 Å². The second-order valence-electron chi connectivity index (χ2n) is 6.56. The zero-order valence-corrected chi connectivity index (χ0v) is 16.7. The molecule has 1 amide bonds. The Morgan fingerprint density at radius 3 is 2.24 bits per heavy atom. The van der Waals surface area contributed by atoms with Gasteiger partial charge in [-0.05, 0) is 42.5 Å². The number of nitrogens with zero attached hydrogens (tertiary/aromatic N) is 1. The fourth-order valence-corrected chi connectivity index (χ4v) is 4.40. The van der Waals surface area contributed by atoms with E-state index >= 15 is 0 Å². The van der Waals surface area contributed by atoms with Crippen molar-refractivity contribution in [2.75, 3.05) is 23.9 Å². The van der Waals surface area contributed by atoms with Gasteiger partial charge in [-0.15, -0.1) is 0 Å². The van der Waals surface area contributed by atoms with Crippen LogP contribution in [0.3, 0.4) is 0 Å². The molecule has 4 rings (SSSR count). The minimum Gasteiger partial charge on any atom is -0.465 e. The first kappa shape index (κ1) is 19.1. The van der Waals surface area contributed by atoms with Crippen molar-refractivity contribution in [2.24, 2.45) is 0 Å². The lowest BCUT2D eigenvalue weighted by atomic mass is 10.2. The lowest BCUT2D eigenvalue weighted by Crippen LogP contribution is -2.26. The molecule has 0 saturated heterocycles. The molecule has 0 saturated carbocycles. The van der Waals surface area contributed by atoms with Crippen molar-refractivity contribution in [2.45, 2.75) is 16.2 Å². The van der Waals surface area contributed by atoms with Gasteiger partial charge < -0.3 is 15.0 Å². The molecule has 5 nitrogen and oxygen atoms in total. The second-order valence-corrected chi connectivity index (χ2v) is 7.64. The number of amides is 1. The van der Waals surface area contributed by atoms with Crippen molar-refractivity contribution in [3.63, 3.8) is 0 Å². The van der Waals surface area contributed by atoms with E-state index in [-0.39, 0.29) is 5.91 Å². The largest absolute Gasteiger partial charge is 0.465 e. The quantitative estimate of drug-likeness (QED) is 0.599. The number of carbonyl (C=O) groups is 2. The number of hydrogen-bond acceptors (Lipinski definition) is 5. The van der Waals surface area contributed by atoms with E-state index in [1.165, 1.54) is 16.9 Å². The fraction of sp³-hybridized carbons (Fsp3) is 0.130. The van der Waals surface area contributed by atoms with E-state index in [2.05, 4.69) is 34.5 Å². The summed E-state index contributed by atoms with van der Waals surface area (Å²) < 4.78 is 4.73. The maximum absolute atomic E-state index is 12.6. The van der Waals surface area contributed by atoms with Gasteiger partial charge in [-0.2, -0.15) is 0 Å². The Labute approximate surface area is 173 Å². The third-order valence-electron chi connectivity index (χ3n) is 4.66. The molecule has 146 valence electrons. The Morgan fingerprint density at radius 2 is 1.59 bits per heavy atom. The van der Waals surface area contributed by atoms with Crippen LogP contribution in [0.15, 0.2) is 82.6 Å². The molecule has 1 aliphatic rings. The van der Waals surface area contributed by atoms with Crippen molar-refractivity contribution >= 4 is 40.7 Å². The summed E-state index contributed by atoms with van der Waals surface area (Å²) in [6.45, 7) is 0.553. The number of para-hydroxylation sites is 2. The van der Waals surface area contributed by atoms with Crippen LogP contribution >= 0.6 is 11.8 Å². The number of fused-ring (bicyclic) bond motifs is 2. The number of nitrogens with one attached hydrogen (secondary N) is 1. The van der Waals surface area contributed by atoms with Gasteiger partial charge in [0.1, 0.15) is 0 Å². The van der Waals surface area contributed by atoms with Crippen LogP contribution in [0.1, 0.15) is 16.8 Å². The summed E-state index contributed by atoms with van der Waals surface area (Å²) in [6, 6.07) is 23.2. The van der Waals surface area contributed by atoms with E-state index in [0.717, 1.165) is 11.4 Å². The molecule has 0 radical (unpaired) electrons. The van der Waals surface area contributed by atoms with Crippen LogP contribution in [0.2, 0.25) is 0 Å². The first-order chi connectivity index (χ1) is 14.2. The Balaban J connectivity index is 1.48. The van der Waals surface area contributed by atoms with Crippen LogP contribution in [0.5, 0.6) is 0 Å². The lowest BCUT2D eigenvalue weighted by Gasteiger charge is -2.32. The van der Waals surface area contributed by atoms with E-state index in [4.69, 9.17) is 4.74 Å². The molecule has 0 aliphatic carbocycles. The van der Waals surface area contributed by atoms with E-state index < -0.39 is 5.97 Å². The van der Waals surface area contributed by atoms with Crippen LogP contribution in [0.25, 0.3) is 0 Å². The summed E-state index contributed by atoms with van der Waals surface area (Å²) in [5.74, 6) is -0.541. The maximum Gasteiger partial charge on any atom is 0.337 e. The summed E-state index contributed by atoms with van der Waals surface area (Å²) in [5.41, 5.74) is 3.20. The molecule has 0 aromatic heterocycles. The van der Waals surface area contributed by atoms with Gasteiger partial charge in [0.2, 0.25) is 5.91 Å². The minimum absolute atomic E-state index is 0.111. The van der Waals surface area contributed by atoms with Crippen molar-refractivity contribution in [3.05, 3.63) is 78.4 Å². The van der Waals surface area contributed by atoms with E-state index in [9.17, 15) is 9.59 Å². The Hall–Kier alpha value is -3.25. The monoisotopic (exact) mass is 404 g/mol. The fourth-order valence-electron chi connectivity index (χ4n) is 3.30. The van der Waals surface area contributed by atoms with Gasteiger partial charge in [0, 0.05) is 28.4 Å². The highest BCUT2D eigenvalue weighted by Gasteiger charge is 2.23. The zero-order valence-electron chi connectivity index (χ0n) is 15.9. The first-order valence-corrected chi connectivity index (χ1v) is 10.1. The number of ether oxygens (including phenoxy) is 1. The third kappa shape index (κ3) is 4.12. The van der Waals surface area contributed by atoms with Crippen molar-refractivity contribution in [3.8, 4) is 0 Å². The van der Waals surface area contributed by atoms with Gasteiger partial charge in [0.25, 0.3) is 0 Å². The molecule has 0 fully saturated rings. The van der Waals surface area contributed by atoms with Crippen LogP contribution in [0.4, 0.5) is 17.1 Å². The predicted molar refractivity (Wildman–Crippen MR) is 115 cm³/mol. The zero-order chi connectivity index (χ0) is 20.2. The molecule has 6 heteroatoms. The van der Waals surface area contributed by atoms with Gasteiger partial charge in [0.05, 0.1) is 24.0 Å². The SMILES string of the molecule is COC(=O)c1cccc(NC(=O)CCN2c3ccccc3Sc3ccccc32)c1. The van der Waals surface area contributed by atoms with Crippen LogP contribution in [-0.4, -0.2) is 25.5 Å². The van der Waals surface area contributed by atoms with E-state index in [0.29, 0.717) is 24.2 Å². The molecule has 1 aliphatic heterocycles. The number of methoxy groups -OCH3 is 1. The molecule has 1 N–H and O–H groups in total. The Kier molecular flexibility index (Phi) is 5.53. The molecule has 0 unspecified atom stereocenters. The van der Waals surface area contributed by atoms with Crippen LogP contribution < -0.4 is 10.2 Å². The van der Waals surface area contributed by atoms with Crippen molar-refractivity contribution in [1.82, 2.24) is 0 Å². The predicted octanol–water partition coefficient (Wildman–Crippen LogP) is 5.10. The molecular formula is C23H20N2O3S. The van der Waals surface area contributed by atoms with Gasteiger partial charge >= 0.3 is 5.97 Å².